The molecule has 208 valence electrons. The van der Waals surface area contributed by atoms with E-state index in [0.29, 0.717) is 47.1 Å². The van der Waals surface area contributed by atoms with Crippen molar-refractivity contribution < 1.29 is 19.0 Å². The van der Waals surface area contributed by atoms with Gasteiger partial charge in [0.2, 0.25) is 11.7 Å². The van der Waals surface area contributed by atoms with Crippen molar-refractivity contribution in [3.8, 4) is 17.2 Å². The van der Waals surface area contributed by atoms with Gasteiger partial charge in [-0.1, -0.05) is 38.5 Å². The van der Waals surface area contributed by atoms with E-state index in [2.05, 4.69) is 10.3 Å². The number of ether oxygens (including phenoxy) is 3. The van der Waals surface area contributed by atoms with Gasteiger partial charge in [0.25, 0.3) is 5.56 Å². The summed E-state index contributed by atoms with van der Waals surface area (Å²) < 4.78 is 20.4. The fourth-order valence-electron chi connectivity index (χ4n) is 4.59. The molecule has 3 aromatic rings. The second kappa shape index (κ2) is 13.7. The highest BCUT2D eigenvalue weighted by Crippen LogP contribution is 2.39. The number of amides is 1. The number of unbranched alkanes of at least 4 members (excludes halogenated alkanes) is 7. The highest BCUT2D eigenvalue weighted by molar-refractivity contribution is 5.91. The Balaban J connectivity index is 1.31. The Morgan fingerprint density at radius 2 is 1.45 bits per heavy atom. The summed E-state index contributed by atoms with van der Waals surface area (Å²) in [7, 11) is 8.01. The molecule has 0 bridgehead atoms. The third-order valence-electron chi connectivity index (χ3n) is 6.69. The number of aromatic nitrogens is 4. The van der Waals surface area contributed by atoms with E-state index in [0.717, 1.165) is 51.4 Å². The number of methoxy groups -OCH3 is 3. The summed E-state index contributed by atoms with van der Waals surface area (Å²) in [6.45, 7) is 0.410. The van der Waals surface area contributed by atoms with Crippen LogP contribution in [-0.2, 0) is 25.4 Å². The molecule has 2 heterocycles. The fraction of sp³-hybridized carbons (Fsp3) is 0.556. The molecule has 38 heavy (non-hydrogen) atoms. The van der Waals surface area contributed by atoms with E-state index in [1.807, 2.05) is 0 Å². The zero-order valence-corrected chi connectivity index (χ0v) is 23.0. The third kappa shape index (κ3) is 6.76. The van der Waals surface area contributed by atoms with Gasteiger partial charge in [-0.2, -0.15) is 0 Å². The van der Waals surface area contributed by atoms with E-state index in [1.54, 1.807) is 37.1 Å². The van der Waals surface area contributed by atoms with Crippen LogP contribution in [0.4, 0.5) is 5.69 Å². The Bertz CT molecular complexity index is 1330. The topological polar surface area (TPSA) is 119 Å². The molecule has 0 saturated carbocycles. The lowest BCUT2D eigenvalue weighted by Crippen LogP contribution is -2.39. The summed E-state index contributed by atoms with van der Waals surface area (Å²) in [4.78, 5) is 41.8. The Morgan fingerprint density at radius 1 is 0.868 bits per heavy atom. The SMILES string of the molecule is COc1cc(NC(=O)CCCCCCCCCCn2c(=O)c3c(ncn3C)n(C)c2=O)cc(OC)c1OC. The van der Waals surface area contributed by atoms with Crippen molar-refractivity contribution in [3.63, 3.8) is 0 Å². The van der Waals surface area contributed by atoms with Crippen molar-refractivity contribution >= 4 is 22.8 Å². The van der Waals surface area contributed by atoms with Crippen molar-refractivity contribution in [2.45, 2.75) is 64.3 Å². The molecule has 0 aliphatic rings. The van der Waals surface area contributed by atoms with Crippen molar-refractivity contribution in [1.82, 2.24) is 18.7 Å². The average molecular weight is 530 g/mol. The maximum atomic E-state index is 12.7. The zero-order valence-electron chi connectivity index (χ0n) is 23.0. The van der Waals surface area contributed by atoms with Gasteiger partial charge in [-0.15, -0.1) is 0 Å². The van der Waals surface area contributed by atoms with E-state index < -0.39 is 0 Å². The molecule has 0 spiro atoms. The summed E-state index contributed by atoms with van der Waals surface area (Å²) in [5.41, 5.74) is 0.861. The van der Waals surface area contributed by atoms with Crippen LogP contribution >= 0.6 is 0 Å². The number of imidazole rings is 1. The first-order valence-electron chi connectivity index (χ1n) is 13.0. The maximum Gasteiger partial charge on any atom is 0.332 e. The molecule has 11 nitrogen and oxygen atoms in total. The second-order valence-corrected chi connectivity index (χ2v) is 9.37. The lowest BCUT2D eigenvalue weighted by Gasteiger charge is -2.14. The lowest BCUT2D eigenvalue weighted by atomic mass is 10.1. The highest BCUT2D eigenvalue weighted by atomic mass is 16.5. The Labute approximate surface area is 222 Å². The minimum absolute atomic E-state index is 0.0510. The van der Waals surface area contributed by atoms with Gasteiger partial charge in [-0.3, -0.25) is 18.7 Å². The molecule has 11 heteroatoms. The molecule has 0 aliphatic heterocycles. The highest BCUT2D eigenvalue weighted by Gasteiger charge is 2.15. The minimum Gasteiger partial charge on any atom is -0.493 e. The fourth-order valence-corrected chi connectivity index (χ4v) is 4.59. The number of carbonyl (C=O) groups is 1. The Morgan fingerprint density at radius 3 is 2.03 bits per heavy atom. The monoisotopic (exact) mass is 529 g/mol. The lowest BCUT2D eigenvalue weighted by molar-refractivity contribution is -0.116. The van der Waals surface area contributed by atoms with Gasteiger partial charge in [0, 0.05) is 44.9 Å². The number of hydrogen-bond acceptors (Lipinski definition) is 7. The molecular formula is C27H39N5O6. The number of anilines is 1. The number of benzene rings is 1. The number of aryl methyl sites for hydroxylation is 2. The zero-order chi connectivity index (χ0) is 27.7. The van der Waals surface area contributed by atoms with Gasteiger partial charge in [-0.25, -0.2) is 9.78 Å². The third-order valence-corrected chi connectivity index (χ3v) is 6.69. The summed E-state index contributed by atoms with van der Waals surface area (Å²) in [5.74, 6) is 1.42. The quantitative estimate of drug-likeness (QED) is 0.299. The van der Waals surface area contributed by atoms with Crippen LogP contribution in [0.15, 0.2) is 28.0 Å². The van der Waals surface area contributed by atoms with E-state index in [4.69, 9.17) is 14.2 Å². The van der Waals surface area contributed by atoms with Crippen LogP contribution in [-0.4, -0.2) is 45.9 Å². The van der Waals surface area contributed by atoms with Gasteiger partial charge in [0.15, 0.2) is 22.7 Å². The van der Waals surface area contributed by atoms with Gasteiger partial charge in [-0.05, 0) is 12.8 Å². The number of hydrogen-bond donors (Lipinski definition) is 1. The first-order valence-corrected chi connectivity index (χ1v) is 13.0. The summed E-state index contributed by atoms with van der Waals surface area (Å²) in [6, 6.07) is 3.43. The molecular weight excluding hydrogens is 490 g/mol. The summed E-state index contributed by atoms with van der Waals surface area (Å²) in [5, 5.41) is 2.90. The van der Waals surface area contributed by atoms with Crippen molar-refractivity contribution in [2.24, 2.45) is 14.1 Å². The normalized spacial score (nSPS) is 11.1. The molecule has 0 unspecified atom stereocenters. The number of fused-ring (bicyclic) bond motifs is 1. The van der Waals surface area contributed by atoms with Crippen LogP contribution in [0.5, 0.6) is 17.2 Å². The molecule has 1 aromatic carbocycles. The van der Waals surface area contributed by atoms with E-state index >= 15 is 0 Å². The maximum absolute atomic E-state index is 12.7. The first kappa shape index (κ1) is 28.8. The van der Waals surface area contributed by atoms with Crippen molar-refractivity contribution in [2.75, 3.05) is 26.6 Å². The van der Waals surface area contributed by atoms with Crippen LogP contribution in [0.2, 0.25) is 0 Å². The largest absolute Gasteiger partial charge is 0.493 e. The van der Waals surface area contributed by atoms with Crippen LogP contribution in [0.3, 0.4) is 0 Å². The molecule has 2 aromatic heterocycles. The number of nitrogens with zero attached hydrogens (tertiary/aromatic N) is 4. The number of nitrogens with one attached hydrogen (secondary N) is 1. The Kier molecular flexibility index (Phi) is 10.4. The molecule has 1 amide bonds. The predicted molar refractivity (Wildman–Crippen MR) is 146 cm³/mol. The van der Waals surface area contributed by atoms with Crippen LogP contribution in [0.1, 0.15) is 57.8 Å². The number of rotatable bonds is 15. The first-order chi connectivity index (χ1) is 18.3. The van der Waals surface area contributed by atoms with Gasteiger partial charge < -0.3 is 24.1 Å². The minimum atomic E-state index is -0.324. The Hall–Kier alpha value is -3.76. The summed E-state index contributed by atoms with van der Waals surface area (Å²) in [6.07, 6.45) is 9.83. The predicted octanol–water partition coefficient (Wildman–Crippen LogP) is 3.61. The molecule has 1 N–H and O–H groups in total. The molecule has 0 fully saturated rings. The van der Waals surface area contributed by atoms with E-state index in [1.165, 1.54) is 30.5 Å². The van der Waals surface area contributed by atoms with Gasteiger partial charge in [0.05, 0.1) is 27.7 Å². The van der Waals surface area contributed by atoms with Crippen LogP contribution in [0, 0.1) is 0 Å². The molecule has 0 saturated heterocycles. The standard InChI is InChI=1S/C27H39N5O6/c1-30-18-28-25-23(30)26(34)32(27(35)31(25)2)15-13-11-9-7-6-8-10-12-14-22(33)29-19-16-20(36-3)24(38-5)21(17-19)37-4/h16-18H,6-15H2,1-5H3,(H,29,33). The summed E-state index contributed by atoms with van der Waals surface area (Å²) >= 11 is 0. The van der Waals surface area contributed by atoms with Crippen LogP contribution < -0.4 is 30.8 Å². The molecule has 0 aliphatic carbocycles. The van der Waals surface area contributed by atoms with E-state index in [9.17, 15) is 14.4 Å². The van der Waals surface area contributed by atoms with Crippen LogP contribution in [0.25, 0.3) is 11.2 Å². The van der Waals surface area contributed by atoms with Crippen molar-refractivity contribution in [3.05, 3.63) is 39.3 Å². The van der Waals surface area contributed by atoms with Gasteiger partial charge in [0.1, 0.15) is 0 Å². The van der Waals surface area contributed by atoms with E-state index in [-0.39, 0.29) is 17.2 Å². The molecule has 0 atom stereocenters. The molecule has 0 radical (unpaired) electrons. The molecule has 3 rings (SSSR count). The number of carbonyl (C=O) groups excluding carboxylic acids is 1. The van der Waals surface area contributed by atoms with Crippen molar-refractivity contribution in [1.29, 1.82) is 0 Å². The average Bonchev–Trinajstić information content (AvgIpc) is 3.30. The smallest absolute Gasteiger partial charge is 0.332 e. The second-order valence-electron chi connectivity index (χ2n) is 9.37. The van der Waals surface area contributed by atoms with Gasteiger partial charge >= 0.3 is 5.69 Å².